The van der Waals surface area contributed by atoms with Gasteiger partial charge in [0.15, 0.2) is 5.75 Å². The monoisotopic (exact) mass is 339 g/mol. The van der Waals surface area contributed by atoms with Gasteiger partial charge in [0, 0.05) is 22.3 Å². The highest BCUT2D eigenvalue weighted by molar-refractivity contribution is 8.13. The molecule has 0 radical (unpaired) electrons. The van der Waals surface area contributed by atoms with Gasteiger partial charge >= 0.3 is 5.69 Å². The van der Waals surface area contributed by atoms with Crippen LogP contribution in [0.15, 0.2) is 28.1 Å². The van der Waals surface area contributed by atoms with Crippen LogP contribution in [0.2, 0.25) is 0 Å². The Balaban J connectivity index is 3.32. The molecule has 0 aliphatic rings. The van der Waals surface area contributed by atoms with E-state index in [9.17, 15) is 18.5 Å². The molecule has 0 heterocycles. The maximum Gasteiger partial charge on any atom is 0.312 e. The minimum absolute atomic E-state index is 0.0468. The summed E-state index contributed by atoms with van der Waals surface area (Å²) in [5, 5.41) is 11.0. The number of aryl methyl sites for hydroxylation is 1. The standard InChI is InChI=1S/C11H11Cl2NO5S/c1-7(5-12)6-19-10-3-8(2)11(20(13,17)18)4-9(10)14(15)16/h3-5H,6H2,1-2H3/b7-5-. The molecule has 0 amide bonds. The lowest BCUT2D eigenvalue weighted by atomic mass is 10.2. The lowest BCUT2D eigenvalue weighted by Crippen LogP contribution is -2.04. The Morgan fingerprint density at radius 3 is 2.55 bits per heavy atom. The average Bonchev–Trinajstić information content (AvgIpc) is 2.33. The minimum atomic E-state index is -4.06. The molecule has 9 heteroatoms. The van der Waals surface area contributed by atoms with Gasteiger partial charge in [-0.25, -0.2) is 8.42 Å². The molecule has 1 aromatic rings. The van der Waals surface area contributed by atoms with Crippen LogP contribution in [0, 0.1) is 17.0 Å². The van der Waals surface area contributed by atoms with Crippen molar-refractivity contribution in [3.05, 3.63) is 38.9 Å². The predicted molar refractivity (Wildman–Crippen MR) is 76.0 cm³/mol. The van der Waals surface area contributed by atoms with Crippen LogP contribution in [0.5, 0.6) is 5.75 Å². The summed E-state index contributed by atoms with van der Waals surface area (Å²) in [7, 11) is 1.16. The van der Waals surface area contributed by atoms with E-state index in [-0.39, 0.29) is 22.8 Å². The van der Waals surface area contributed by atoms with Gasteiger partial charge in [-0.2, -0.15) is 0 Å². The van der Waals surface area contributed by atoms with Gasteiger partial charge in [-0.3, -0.25) is 10.1 Å². The van der Waals surface area contributed by atoms with E-state index < -0.39 is 19.7 Å². The molecule has 0 atom stereocenters. The van der Waals surface area contributed by atoms with Gasteiger partial charge in [0.2, 0.25) is 0 Å². The van der Waals surface area contributed by atoms with Crippen LogP contribution in [0.1, 0.15) is 12.5 Å². The highest BCUT2D eigenvalue weighted by Crippen LogP contribution is 2.34. The van der Waals surface area contributed by atoms with Crippen LogP contribution >= 0.6 is 22.3 Å². The Morgan fingerprint density at radius 1 is 1.50 bits per heavy atom. The van der Waals surface area contributed by atoms with Gasteiger partial charge in [0.25, 0.3) is 9.05 Å². The van der Waals surface area contributed by atoms with Crippen molar-refractivity contribution in [3.8, 4) is 5.75 Å². The Morgan fingerprint density at radius 2 is 2.10 bits per heavy atom. The van der Waals surface area contributed by atoms with E-state index in [1.54, 1.807) is 6.92 Å². The van der Waals surface area contributed by atoms with Crippen molar-refractivity contribution in [2.24, 2.45) is 0 Å². The lowest BCUT2D eigenvalue weighted by molar-refractivity contribution is -0.386. The van der Waals surface area contributed by atoms with E-state index in [4.69, 9.17) is 27.0 Å². The molecule has 0 aliphatic carbocycles. The number of ether oxygens (including phenoxy) is 1. The number of rotatable bonds is 5. The third kappa shape index (κ3) is 4.09. The zero-order chi connectivity index (χ0) is 15.5. The predicted octanol–water partition coefficient (Wildman–Crippen LogP) is 3.35. The van der Waals surface area contributed by atoms with Gasteiger partial charge < -0.3 is 4.74 Å². The van der Waals surface area contributed by atoms with Crippen LogP contribution in [0.25, 0.3) is 0 Å². The highest BCUT2D eigenvalue weighted by atomic mass is 35.7. The average molecular weight is 340 g/mol. The van der Waals surface area contributed by atoms with E-state index in [2.05, 4.69) is 0 Å². The van der Waals surface area contributed by atoms with Crippen molar-refractivity contribution in [2.45, 2.75) is 18.7 Å². The topological polar surface area (TPSA) is 86.5 Å². The summed E-state index contributed by atoms with van der Waals surface area (Å²) in [6.07, 6.45) is 0. The molecule has 0 bridgehead atoms. The van der Waals surface area contributed by atoms with Crippen LogP contribution in [-0.4, -0.2) is 19.9 Å². The van der Waals surface area contributed by atoms with E-state index in [0.29, 0.717) is 5.57 Å². The maximum atomic E-state index is 11.3. The zero-order valence-corrected chi connectivity index (χ0v) is 12.9. The van der Waals surface area contributed by atoms with Crippen molar-refractivity contribution in [3.63, 3.8) is 0 Å². The first kappa shape index (κ1) is 16.7. The Kier molecular flexibility index (Phi) is 5.38. The van der Waals surface area contributed by atoms with Crippen molar-refractivity contribution in [2.75, 3.05) is 6.61 Å². The first-order valence-electron chi connectivity index (χ1n) is 5.29. The summed E-state index contributed by atoms with van der Waals surface area (Å²) in [6.45, 7) is 3.20. The molecule has 0 N–H and O–H groups in total. The summed E-state index contributed by atoms with van der Waals surface area (Å²) in [4.78, 5) is 9.92. The molecule has 0 aliphatic heterocycles. The molecular formula is C11H11Cl2NO5S. The molecule has 20 heavy (non-hydrogen) atoms. The molecule has 0 fully saturated rings. The summed E-state index contributed by atoms with van der Waals surface area (Å²) in [5.41, 5.74) is 1.73. The zero-order valence-electron chi connectivity index (χ0n) is 10.6. The first-order chi connectivity index (χ1) is 9.16. The summed E-state index contributed by atoms with van der Waals surface area (Å²) in [6, 6.07) is 2.14. The Labute approximate surface area is 125 Å². The second kappa shape index (κ2) is 6.43. The fourth-order valence-corrected chi connectivity index (χ4v) is 2.65. The van der Waals surface area contributed by atoms with Gasteiger partial charge in [-0.1, -0.05) is 11.6 Å². The fourth-order valence-electron chi connectivity index (χ4n) is 1.39. The van der Waals surface area contributed by atoms with Crippen molar-refractivity contribution < 1.29 is 18.1 Å². The number of hydrogen-bond donors (Lipinski definition) is 0. The molecule has 0 aromatic heterocycles. The number of halogens is 2. The van der Waals surface area contributed by atoms with E-state index in [0.717, 1.165) is 6.07 Å². The molecule has 6 nitrogen and oxygen atoms in total. The van der Waals surface area contributed by atoms with Gasteiger partial charge in [0.05, 0.1) is 9.82 Å². The van der Waals surface area contributed by atoms with E-state index in [1.165, 1.54) is 18.5 Å². The summed E-state index contributed by atoms with van der Waals surface area (Å²) < 4.78 is 27.9. The Hall–Kier alpha value is -1.31. The van der Waals surface area contributed by atoms with Crippen LogP contribution in [-0.2, 0) is 9.05 Å². The quantitative estimate of drug-likeness (QED) is 0.466. The molecule has 1 rings (SSSR count). The third-order valence-electron chi connectivity index (χ3n) is 2.36. The smallest absolute Gasteiger partial charge is 0.312 e. The van der Waals surface area contributed by atoms with Crippen molar-refractivity contribution >= 4 is 37.0 Å². The Bertz CT molecular complexity index is 670. The molecule has 0 saturated carbocycles. The van der Waals surface area contributed by atoms with Gasteiger partial charge in [0.1, 0.15) is 6.61 Å². The number of nitro benzene ring substituents is 1. The molecule has 1 aromatic carbocycles. The fraction of sp³-hybridized carbons (Fsp3) is 0.273. The highest BCUT2D eigenvalue weighted by Gasteiger charge is 2.23. The third-order valence-corrected chi connectivity index (χ3v) is 4.19. The number of benzene rings is 1. The molecular weight excluding hydrogens is 329 g/mol. The van der Waals surface area contributed by atoms with Crippen LogP contribution in [0.4, 0.5) is 5.69 Å². The van der Waals surface area contributed by atoms with Crippen LogP contribution < -0.4 is 4.74 Å². The summed E-state index contributed by atoms with van der Waals surface area (Å²) >= 11 is 5.46. The number of hydrogen-bond acceptors (Lipinski definition) is 5. The second-order valence-electron chi connectivity index (χ2n) is 4.02. The van der Waals surface area contributed by atoms with E-state index >= 15 is 0 Å². The van der Waals surface area contributed by atoms with Crippen molar-refractivity contribution in [1.29, 1.82) is 0 Å². The second-order valence-corrected chi connectivity index (χ2v) is 6.78. The van der Waals surface area contributed by atoms with E-state index in [1.807, 2.05) is 0 Å². The molecule has 0 saturated heterocycles. The SMILES string of the molecule is C/C(=C/Cl)COc1cc(C)c(S(=O)(=O)Cl)cc1[N+](=O)[O-]. The first-order valence-corrected chi connectivity index (χ1v) is 8.03. The minimum Gasteiger partial charge on any atom is -0.482 e. The molecule has 0 unspecified atom stereocenters. The van der Waals surface area contributed by atoms with Gasteiger partial charge in [-0.05, 0) is 31.1 Å². The largest absolute Gasteiger partial charge is 0.482 e. The maximum absolute atomic E-state index is 11.3. The number of nitrogens with zero attached hydrogens (tertiary/aromatic N) is 1. The molecule has 0 spiro atoms. The van der Waals surface area contributed by atoms with Crippen LogP contribution in [0.3, 0.4) is 0 Å². The van der Waals surface area contributed by atoms with Crippen molar-refractivity contribution in [1.82, 2.24) is 0 Å². The number of nitro groups is 1. The summed E-state index contributed by atoms with van der Waals surface area (Å²) in [5.74, 6) is -0.0468. The lowest BCUT2D eigenvalue weighted by Gasteiger charge is -2.09. The van der Waals surface area contributed by atoms with Gasteiger partial charge in [-0.15, -0.1) is 0 Å². The molecule has 110 valence electrons. The normalized spacial score (nSPS) is 12.3.